The number of ether oxygens (including phenoxy) is 1. The number of methoxy groups -OCH3 is 1. The topological polar surface area (TPSA) is 76.1 Å². The Morgan fingerprint density at radius 1 is 1.04 bits per heavy atom. The van der Waals surface area contributed by atoms with Crippen LogP contribution in [0, 0.1) is 5.82 Å². The van der Waals surface area contributed by atoms with Crippen molar-refractivity contribution in [1.29, 1.82) is 0 Å². The lowest BCUT2D eigenvalue weighted by atomic mass is 10.1. The number of aromatic nitrogens is 2. The summed E-state index contributed by atoms with van der Waals surface area (Å²) in [5, 5.41) is 13.9. The number of carbonyl (C=O) groups is 1. The molecule has 6 nitrogen and oxygen atoms in total. The van der Waals surface area contributed by atoms with E-state index in [0.717, 1.165) is 23.3 Å². The van der Waals surface area contributed by atoms with Crippen LogP contribution in [-0.4, -0.2) is 29.8 Å². The van der Waals surface area contributed by atoms with Gasteiger partial charge in [0.1, 0.15) is 17.4 Å². The molecule has 0 atom stereocenters. The van der Waals surface area contributed by atoms with Crippen molar-refractivity contribution in [3.05, 3.63) is 83.3 Å². The fourth-order valence-electron chi connectivity index (χ4n) is 2.65. The summed E-state index contributed by atoms with van der Waals surface area (Å²) in [5.74, 6) is 0.733. The van der Waals surface area contributed by atoms with Crippen LogP contribution in [0.25, 0.3) is 0 Å². The number of halogens is 1. The molecule has 2 N–H and O–H groups in total. The minimum absolute atomic E-state index is 0.235. The highest BCUT2D eigenvalue weighted by Gasteiger charge is 2.09. The Bertz CT molecular complexity index is 914. The number of carbonyl (C=O) groups excluding carboxylic acids is 1. The smallest absolute Gasteiger partial charge is 0.272 e. The van der Waals surface area contributed by atoms with Crippen molar-refractivity contribution in [2.24, 2.45) is 0 Å². The van der Waals surface area contributed by atoms with Gasteiger partial charge in [0.05, 0.1) is 7.11 Å². The van der Waals surface area contributed by atoms with Crippen molar-refractivity contribution in [1.82, 2.24) is 15.5 Å². The lowest BCUT2D eigenvalue weighted by molar-refractivity contribution is 0.0944. The van der Waals surface area contributed by atoms with Gasteiger partial charge in [-0.1, -0.05) is 30.3 Å². The Balaban J connectivity index is 1.49. The third kappa shape index (κ3) is 5.26. The molecule has 1 amide bonds. The molecule has 0 aliphatic heterocycles. The first-order chi connectivity index (χ1) is 13.7. The Morgan fingerprint density at radius 3 is 2.54 bits per heavy atom. The van der Waals surface area contributed by atoms with Gasteiger partial charge in [0.2, 0.25) is 0 Å². The zero-order valence-corrected chi connectivity index (χ0v) is 15.5. The number of hydrogen-bond donors (Lipinski definition) is 2. The molecule has 0 radical (unpaired) electrons. The van der Waals surface area contributed by atoms with Gasteiger partial charge in [-0.05, 0) is 42.3 Å². The van der Waals surface area contributed by atoms with Gasteiger partial charge in [-0.2, -0.15) is 0 Å². The monoisotopic (exact) mass is 380 g/mol. The van der Waals surface area contributed by atoms with Crippen LogP contribution in [0.1, 0.15) is 21.6 Å². The molecular formula is C21H21FN4O2. The van der Waals surface area contributed by atoms with Crippen LogP contribution in [0.3, 0.4) is 0 Å². The molecule has 144 valence electrons. The summed E-state index contributed by atoms with van der Waals surface area (Å²) in [4.78, 5) is 12.3. The predicted molar refractivity (Wildman–Crippen MR) is 105 cm³/mol. The van der Waals surface area contributed by atoms with Crippen LogP contribution in [0.2, 0.25) is 0 Å². The number of anilines is 1. The van der Waals surface area contributed by atoms with Crippen LogP contribution in [-0.2, 0) is 13.0 Å². The van der Waals surface area contributed by atoms with Crippen LogP contribution in [0.4, 0.5) is 10.2 Å². The van der Waals surface area contributed by atoms with Crippen LogP contribution < -0.4 is 15.4 Å². The van der Waals surface area contributed by atoms with Crippen molar-refractivity contribution in [3.63, 3.8) is 0 Å². The lowest BCUT2D eigenvalue weighted by Crippen LogP contribution is -2.24. The van der Waals surface area contributed by atoms with Gasteiger partial charge in [0, 0.05) is 18.7 Å². The van der Waals surface area contributed by atoms with Gasteiger partial charge < -0.3 is 15.4 Å². The van der Waals surface area contributed by atoms with Crippen LogP contribution >= 0.6 is 0 Å². The highest BCUT2D eigenvalue weighted by molar-refractivity contribution is 5.92. The third-order valence-corrected chi connectivity index (χ3v) is 4.16. The summed E-state index contributed by atoms with van der Waals surface area (Å²) in [6.07, 6.45) is 0.725. The largest absolute Gasteiger partial charge is 0.496 e. The molecule has 0 aliphatic rings. The zero-order chi connectivity index (χ0) is 19.8. The molecule has 1 heterocycles. The third-order valence-electron chi connectivity index (χ3n) is 4.16. The van der Waals surface area contributed by atoms with Gasteiger partial charge in [0.15, 0.2) is 5.69 Å². The fraction of sp³-hybridized carbons (Fsp3) is 0.190. The Hall–Kier alpha value is -3.48. The second-order valence-corrected chi connectivity index (χ2v) is 6.10. The summed E-state index contributed by atoms with van der Waals surface area (Å²) in [6, 6.07) is 17.2. The minimum atomic E-state index is -0.309. The average Bonchev–Trinajstić information content (AvgIpc) is 2.74. The molecule has 0 bridgehead atoms. The molecule has 0 unspecified atom stereocenters. The standard InChI is InChI=1S/C21H21FN4O2/c1-28-19-5-3-2-4-16(19)14-24-21(27)18-10-11-20(26-25-18)23-13-12-15-6-8-17(22)9-7-15/h2-11H,12-14H2,1H3,(H,23,26)(H,24,27). The van der Waals surface area contributed by atoms with Crippen molar-refractivity contribution in [2.75, 3.05) is 19.0 Å². The lowest BCUT2D eigenvalue weighted by Gasteiger charge is -2.09. The number of amides is 1. The summed E-state index contributed by atoms with van der Waals surface area (Å²) in [7, 11) is 1.59. The van der Waals surface area contributed by atoms with Crippen molar-refractivity contribution >= 4 is 11.7 Å². The second kappa shape index (κ2) is 9.45. The van der Waals surface area contributed by atoms with E-state index in [1.165, 1.54) is 12.1 Å². The maximum absolute atomic E-state index is 12.9. The fourth-order valence-corrected chi connectivity index (χ4v) is 2.65. The van der Waals surface area contributed by atoms with Gasteiger partial charge in [-0.3, -0.25) is 4.79 Å². The molecule has 3 rings (SSSR count). The number of nitrogens with one attached hydrogen (secondary N) is 2. The molecule has 0 spiro atoms. The maximum atomic E-state index is 12.9. The zero-order valence-electron chi connectivity index (χ0n) is 15.5. The first-order valence-electron chi connectivity index (χ1n) is 8.88. The van der Waals surface area contributed by atoms with Crippen molar-refractivity contribution in [3.8, 4) is 5.75 Å². The molecular weight excluding hydrogens is 359 g/mol. The molecule has 7 heteroatoms. The summed E-state index contributed by atoms with van der Waals surface area (Å²) in [5.41, 5.74) is 2.14. The number of rotatable bonds is 8. The maximum Gasteiger partial charge on any atom is 0.272 e. The molecule has 0 saturated carbocycles. The molecule has 2 aromatic carbocycles. The SMILES string of the molecule is COc1ccccc1CNC(=O)c1ccc(NCCc2ccc(F)cc2)nn1. The van der Waals surface area contributed by atoms with E-state index in [1.54, 1.807) is 31.4 Å². The molecule has 0 saturated heterocycles. The van der Waals surface area contributed by atoms with E-state index in [4.69, 9.17) is 4.74 Å². The van der Waals surface area contributed by atoms with E-state index in [0.29, 0.717) is 18.9 Å². The molecule has 1 aromatic heterocycles. The highest BCUT2D eigenvalue weighted by Crippen LogP contribution is 2.16. The van der Waals surface area contributed by atoms with E-state index in [-0.39, 0.29) is 17.4 Å². The second-order valence-electron chi connectivity index (χ2n) is 6.10. The van der Waals surface area contributed by atoms with Crippen LogP contribution in [0.5, 0.6) is 5.75 Å². The number of hydrogen-bond acceptors (Lipinski definition) is 5. The molecule has 3 aromatic rings. The van der Waals surface area contributed by atoms with E-state index in [9.17, 15) is 9.18 Å². The first-order valence-corrected chi connectivity index (χ1v) is 8.88. The first kappa shape index (κ1) is 19.3. The Labute approximate surface area is 162 Å². The average molecular weight is 380 g/mol. The van der Waals surface area contributed by atoms with Gasteiger partial charge in [-0.15, -0.1) is 10.2 Å². The normalized spacial score (nSPS) is 10.4. The van der Waals surface area contributed by atoms with E-state index >= 15 is 0 Å². The molecule has 0 aliphatic carbocycles. The van der Waals surface area contributed by atoms with Crippen molar-refractivity contribution < 1.29 is 13.9 Å². The van der Waals surface area contributed by atoms with Gasteiger partial charge in [-0.25, -0.2) is 4.39 Å². The highest BCUT2D eigenvalue weighted by atomic mass is 19.1. The van der Waals surface area contributed by atoms with E-state index in [2.05, 4.69) is 20.8 Å². The quantitative estimate of drug-likeness (QED) is 0.628. The van der Waals surface area contributed by atoms with Gasteiger partial charge >= 0.3 is 0 Å². The number of para-hydroxylation sites is 1. The summed E-state index contributed by atoms with van der Waals surface area (Å²) < 4.78 is 18.2. The molecule has 28 heavy (non-hydrogen) atoms. The predicted octanol–water partition coefficient (Wildman–Crippen LogP) is 3.21. The van der Waals surface area contributed by atoms with E-state index in [1.807, 2.05) is 24.3 Å². The number of benzene rings is 2. The minimum Gasteiger partial charge on any atom is -0.496 e. The molecule has 0 fully saturated rings. The van der Waals surface area contributed by atoms with E-state index < -0.39 is 0 Å². The van der Waals surface area contributed by atoms with Crippen LogP contribution in [0.15, 0.2) is 60.7 Å². The summed E-state index contributed by atoms with van der Waals surface area (Å²) >= 11 is 0. The Morgan fingerprint density at radius 2 is 1.82 bits per heavy atom. The van der Waals surface area contributed by atoms with Gasteiger partial charge in [0.25, 0.3) is 5.91 Å². The summed E-state index contributed by atoms with van der Waals surface area (Å²) in [6.45, 7) is 0.960. The van der Waals surface area contributed by atoms with Crippen molar-refractivity contribution in [2.45, 2.75) is 13.0 Å². The Kier molecular flexibility index (Phi) is 6.51. The number of nitrogens with zero attached hydrogens (tertiary/aromatic N) is 2.